The van der Waals surface area contributed by atoms with Crippen LogP contribution in [0.2, 0.25) is 0 Å². The second-order valence-corrected chi connectivity index (χ2v) is 6.79. The number of halogens is 5. The molecule has 1 fully saturated rings. The van der Waals surface area contributed by atoms with Gasteiger partial charge in [-0.1, -0.05) is 26.8 Å². The minimum absolute atomic E-state index is 0. The highest BCUT2D eigenvalue weighted by atomic mass is 35.5. The zero-order chi connectivity index (χ0) is 17.3. The van der Waals surface area contributed by atoms with Crippen molar-refractivity contribution >= 4 is 12.4 Å². The van der Waals surface area contributed by atoms with Gasteiger partial charge in [-0.25, -0.2) is 4.39 Å². The van der Waals surface area contributed by atoms with Crippen LogP contribution in [0.3, 0.4) is 0 Å². The Morgan fingerprint density at radius 2 is 1.71 bits per heavy atom. The Kier molecular flexibility index (Phi) is 6.90. The minimum atomic E-state index is -4.90. The average Bonchev–Trinajstić information content (AvgIpc) is 2.40. The van der Waals surface area contributed by atoms with Crippen molar-refractivity contribution in [3.05, 3.63) is 29.6 Å². The summed E-state index contributed by atoms with van der Waals surface area (Å²) in [5.74, 6) is -1.79. The summed E-state index contributed by atoms with van der Waals surface area (Å²) in [6.45, 7) is 9.41. The van der Waals surface area contributed by atoms with E-state index in [0.717, 1.165) is 38.3 Å². The van der Waals surface area contributed by atoms with Gasteiger partial charge in [-0.2, -0.15) is 0 Å². The SMILES string of the molecule is CC(C)(C)[C@H](c1ccc(OC(F)(F)F)c(F)c1)N1CCNCC1.Cl. The molecule has 2 rings (SSSR count). The van der Waals surface area contributed by atoms with Gasteiger partial charge < -0.3 is 10.1 Å². The van der Waals surface area contributed by atoms with Crippen molar-refractivity contribution in [2.24, 2.45) is 5.41 Å². The lowest BCUT2D eigenvalue weighted by molar-refractivity contribution is -0.275. The zero-order valence-corrected chi connectivity index (χ0v) is 14.7. The van der Waals surface area contributed by atoms with Crippen LogP contribution >= 0.6 is 12.4 Å². The fourth-order valence-corrected chi connectivity index (χ4v) is 3.09. The standard InChI is InChI=1S/C16H22F4N2O.ClH/c1-15(2,3)14(22-8-6-21-7-9-22)11-4-5-13(12(17)10-11)23-16(18,19)20;/h4-5,10,14,21H,6-9H2,1-3H3;1H/t14-;/m0./s1. The van der Waals surface area contributed by atoms with Gasteiger partial charge in [0, 0.05) is 32.2 Å². The maximum absolute atomic E-state index is 14.0. The normalized spacial score (nSPS) is 18.0. The molecule has 1 atom stereocenters. The van der Waals surface area contributed by atoms with Crippen molar-refractivity contribution in [1.82, 2.24) is 10.2 Å². The van der Waals surface area contributed by atoms with Gasteiger partial charge >= 0.3 is 6.36 Å². The first-order chi connectivity index (χ1) is 10.6. The van der Waals surface area contributed by atoms with E-state index in [0.29, 0.717) is 5.56 Å². The number of piperazine rings is 1. The van der Waals surface area contributed by atoms with Gasteiger partial charge in [-0.15, -0.1) is 25.6 Å². The molecule has 0 saturated carbocycles. The number of hydrogen-bond donors (Lipinski definition) is 1. The van der Waals surface area contributed by atoms with Gasteiger partial charge in [-0.3, -0.25) is 4.90 Å². The van der Waals surface area contributed by atoms with E-state index in [4.69, 9.17) is 0 Å². The van der Waals surface area contributed by atoms with Crippen LogP contribution < -0.4 is 10.1 Å². The number of benzene rings is 1. The Morgan fingerprint density at radius 3 is 2.17 bits per heavy atom. The summed E-state index contributed by atoms with van der Waals surface area (Å²) in [5.41, 5.74) is 0.474. The van der Waals surface area contributed by atoms with Gasteiger partial charge in [0.15, 0.2) is 11.6 Å². The van der Waals surface area contributed by atoms with Gasteiger partial charge in [0.1, 0.15) is 0 Å². The summed E-state index contributed by atoms with van der Waals surface area (Å²) in [7, 11) is 0. The van der Waals surface area contributed by atoms with Crippen molar-refractivity contribution in [1.29, 1.82) is 0 Å². The van der Waals surface area contributed by atoms with Crippen LogP contribution in [0, 0.1) is 11.2 Å². The van der Waals surface area contributed by atoms with E-state index < -0.39 is 17.9 Å². The van der Waals surface area contributed by atoms with Crippen LogP contribution in [0.1, 0.15) is 32.4 Å². The van der Waals surface area contributed by atoms with Crippen LogP contribution in [-0.4, -0.2) is 37.4 Å². The second kappa shape index (κ2) is 7.89. The molecule has 1 aromatic rings. The first-order valence-electron chi connectivity index (χ1n) is 7.58. The van der Waals surface area contributed by atoms with Gasteiger partial charge in [-0.05, 0) is 23.1 Å². The predicted molar refractivity (Wildman–Crippen MR) is 87.0 cm³/mol. The molecule has 0 unspecified atom stereocenters. The fraction of sp³-hybridized carbons (Fsp3) is 0.625. The van der Waals surface area contributed by atoms with Gasteiger partial charge in [0.05, 0.1) is 0 Å². The first kappa shape index (κ1) is 21.0. The van der Waals surface area contributed by atoms with Crippen LogP contribution in [0.15, 0.2) is 18.2 Å². The first-order valence-corrected chi connectivity index (χ1v) is 7.58. The third-order valence-electron chi connectivity index (χ3n) is 3.83. The molecule has 138 valence electrons. The van der Waals surface area contributed by atoms with Crippen LogP contribution in [0.25, 0.3) is 0 Å². The Morgan fingerprint density at radius 1 is 1.12 bits per heavy atom. The van der Waals surface area contributed by atoms with E-state index in [2.05, 4.69) is 15.0 Å². The lowest BCUT2D eigenvalue weighted by atomic mass is 9.81. The molecule has 1 aromatic carbocycles. The number of rotatable bonds is 3. The lowest BCUT2D eigenvalue weighted by Gasteiger charge is -2.42. The number of nitrogens with one attached hydrogen (secondary N) is 1. The molecule has 1 aliphatic heterocycles. The number of hydrogen-bond acceptors (Lipinski definition) is 3. The molecular formula is C16H23ClF4N2O. The van der Waals surface area contributed by atoms with E-state index in [1.165, 1.54) is 6.07 Å². The summed E-state index contributed by atoms with van der Waals surface area (Å²) < 4.78 is 54.5. The fourth-order valence-electron chi connectivity index (χ4n) is 3.09. The van der Waals surface area contributed by atoms with Crippen molar-refractivity contribution in [3.8, 4) is 5.75 Å². The largest absolute Gasteiger partial charge is 0.573 e. The topological polar surface area (TPSA) is 24.5 Å². The molecule has 1 heterocycles. The summed E-state index contributed by atoms with van der Waals surface area (Å²) in [6.07, 6.45) is -4.90. The molecule has 0 aliphatic carbocycles. The second-order valence-electron chi connectivity index (χ2n) is 6.79. The van der Waals surface area contributed by atoms with E-state index in [9.17, 15) is 17.6 Å². The highest BCUT2D eigenvalue weighted by Gasteiger charge is 2.35. The summed E-state index contributed by atoms with van der Waals surface area (Å²) in [5, 5.41) is 3.26. The van der Waals surface area contributed by atoms with E-state index in [1.807, 2.05) is 20.8 Å². The molecule has 0 spiro atoms. The predicted octanol–water partition coefficient (Wildman–Crippen LogP) is 4.14. The highest BCUT2D eigenvalue weighted by molar-refractivity contribution is 5.85. The molecule has 3 nitrogen and oxygen atoms in total. The van der Waals surface area contributed by atoms with E-state index in [1.54, 1.807) is 0 Å². The van der Waals surface area contributed by atoms with Crippen molar-refractivity contribution < 1.29 is 22.3 Å². The Labute approximate surface area is 145 Å². The quantitative estimate of drug-likeness (QED) is 0.809. The molecule has 24 heavy (non-hydrogen) atoms. The third-order valence-corrected chi connectivity index (χ3v) is 3.83. The maximum Gasteiger partial charge on any atom is 0.573 e. The molecule has 0 aromatic heterocycles. The van der Waals surface area contributed by atoms with Gasteiger partial charge in [0.2, 0.25) is 0 Å². The Bertz CT molecular complexity index is 540. The molecule has 0 radical (unpaired) electrons. The monoisotopic (exact) mass is 370 g/mol. The van der Waals surface area contributed by atoms with Gasteiger partial charge in [0.25, 0.3) is 0 Å². The van der Waals surface area contributed by atoms with Crippen molar-refractivity contribution in [3.63, 3.8) is 0 Å². The van der Waals surface area contributed by atoms with E-state index >= 15 is 0 Å². The van der Waals surface area contributed by atoms with E-state index in [-0.39, 0.29) is 23.9 Å². The third kappa shape index (κ3) is 5.50. The summed E-state index contributed by atoms with van der Waals surface area (Å²) in [4.78, 5) is 2.23. The number of alkyl halides is 3. The maximum atomic E-state index is 14.0. The number of nitrogens with zero attached hydrogens (tertiary/aromatic N) is 1. The molecule has 1 aliphatic rings. The number of ether oxygens (including phenoxy) is 1. The molecule has 8 heteroatoms. The Hall–Kier alpha value is -1.05. The smallest absolute Gasteiger partial charge is 0.403 e. The molecule has 1 saturated heterocycles. The lowest BCUT2D eigenvalue weighted by Crippen LogP contribution is -2.48. The zero-order valence-electron chi connectivity index (χ0n) is 13.9. The molecule has 0 amide bonds. The summed E-state index contributed by atoms with van der Waals surface area (Å²) >= 11 is 0. The summed E-state index contributed by atoms with van der Waals surface area (Å²) in [6, 6.07) is 3.64. The molecule has 0 bridgehead atoms. The molecular weight excluding hydrogens is 348 g/mol. The molecule has 1 N–H and O–H groups in total. The van der Waals surface area contributed by atoms with Crippen LogP contribution in [-0.2, 0) is 0 Å². The van der Waals surface area contributed by atoms with Crippen molar-refractivity contribution in [2.45, 2.75) is 33.2 Å². The van der Waals surface area contributed by atoms with Crippen LogP contribution in [0.4, 0.5) is 17.6 Å². The highest BCUT2D eigenvalue weighted by Crippen LogP contribution is 2.39. The average molecular weight is 371 g/mol. The minimum Gasteiger partial charge on any atom is -0.403 e. The van der Waals surface area contributed by atoms with Crippen molar-refractivity contribution in [2.75, 3.05) is 26.2 Å². The van der Waals surface area contributed by atoms with Crippen LogP contribution in [0.5, 0.6) is 5.75 Å². The Balaban J connectivity index is 0.00000288.